The van der Waals surface area contributed by atoms with Crippen LogP contribution in [0.25, 0.3) is 0 Å². The number of nitrogens with one attached hydrogen (secondary N) is 2. The SMILES string of the molecule is CC(CCc1ccc(Br)cc1)NC(=O)CCCNC(=O)C(C)(C)C. The Balaban J connectivity index is 2.17. The second kappa shape index (κ2) is 9.82. The lowest BCUT2D eigenvalue weighted by atomic mass is 9.96. The van der Waals surface area contributed by atoms with E-state index >= 15 is 0 Å². The van der Waals surface area contributed by atoms with Crippen molar-refractivity contribution in [3.05, 3.63) is 34.3 Å². The van der Waals surface area contributed by atoms with Crippen LogP contribution < -0.4 is 10.6 Å². The van der Waals surface area contributed by atoms with Gasteiger partial charge in [0, 0.05) is 28.9 Å². The molecule has 0 aliphatic heterocycles. The highest BCUT2D eigenvalue weighted by atomic mass is 79.9. The average Bonchev–Trinajstić information content (AvgIpc) is 2.49. The summed E-state index contributed by atoms with van der Waals surface area (Å²) in [5.74, 6) is 0.0640. The van der Waals surface area contributed by atoms with E-state index in [1.807, 2.05) is 39.8 Å². The molecule has 4 nitrogen and oxygen atoms in total. The number of hydrogen-bond acceptors (Lipinski definition) is 2. The quantitative estimate of drug-likeness (QED) is 0.655. The Kier molecular flexibility index (Phi) is 8.46. The molecule has 1 aromatic rings. The van der Waals surface area contributed by atoms with Gasteiger partial charge in [-0.1, -0.05) is 48.8 Å². The summed E-state index contributed by atoms with van der Waals surface area (Å²) in [7, 11) is 0. The molecule has 2 amide bonds. The van der Waals surface area contributed by atoms with Gasteiger partial charge >= 0.3 is 0 Å². The molecule has 0 saturated carbocycles. The first-order valence-corrected chi connectivity index (χ1v) is 9.30. The van der Waals surface area contributed by atoms with Gasteiger partial charge in [-0.2, -0.15) is 0 Å². The fourth-order valence-corrected chi connectivity index (χ4v) is 2.43. The van der Waals surface area contributed by atoms with Crippen LogP contribution >= 0.6 is 15.9 Å². The van der Waals surface area contributed by atoms with E-state index in [9.17, 15) is 9.59 Å². The lowest BCUT2D eigenvalue weighted by molar-refractivity contribution is -0.128. The van der Waals surface area contributed by atoms with E-state index in [0.29, 0.717) is 19.4 Å². The molecule has 1 rings (SSSR count). The summed E-state index contributed by atoms with van der Waals surface area (Å²) in [4.78, 5) is 23.6. The van der Waals surface area contributed by atoms with Crippen molar-refractivity contribution < 1.29 is 9.59 Å². The predicted octanol–water partition coefficient (Wildman–Crippen LogP) is 3.83. The third-order valence-corrected chi connectivity index (χ3v) is 4.26. The van der Waals surface area contributed by atoms with Gasteiger partial charge in [-0.3, -0.25) is 9.59 Å². The van der Waals surface area contributed by atoms with E-state index in [4.69, 9.17) is 0 Å². The Morgan fingerprint density at radius 3 is 2.38 bits per heavy atom. The summed E-state index contributed by atoms with van der Waals surface area (Å²) in [6.07, 6.45) is 2.95. The van der Waals surface area contributed by atoms with Crippen LogP contribution in [0.3, 0.4) is 0 Å². The highest BCUT2D eigenvalue weighted by molar-refractivity contribution is 9.10. The Morgan fingerprint density at radius 2 is 1.79 bits per heavy atom. The molecule has 134 valence electrons. The smallest absolute Gasteiger partial charge is 0.225 e. The number of benzene rings is 1. The average molecular weight is 397 g/mol. The lowest BCUT2D eigenvalue weighted by Gasteiger charge is -2.17. The monoisotopic (exact) mass is 396 g/mol. The number of amides is 2. The molecule has 0 aromatic heterocycles. The van der Waals surface area contributed by atoms with Gasteiger partial charge < -0.3 is 10.6 Å². The van der Waals surface area contributed by atoms with Crippen molar-refractivity contribution in [1.29, 1.82) is 0 Å². The summed E-state index contributed by atoms with van der Waals surface area (Å²) in [6, 6.07) is 8.40. The van der Waals surface area contributed by atoms with E-state index in [1.54, 1.807) is 0 Å². The number of hydrogen-bond donors (Lipinski definition) is 2. The van der Waals surface area contributed by atoms with Crippen LogP contribution in [0, 0.1) is 5.41 Å². The Labute approximate surface area is 153 Å². The van der Waals surface area contributed by atoms with Crippen molar-refractivity contribution in [1.82, 2.24) is 10.6 Å². The van der Waals surface area contributed by atoms with Gasteiger partial charge in [-0.05, 0) is 43.9 Å². The fraction of sp³-hybridized carbons (Fsp3) is 0.579. The molecule has 0 saturated heterocycles. The Morgan fingerprint density at radius 1 is 1.17 bits per heavy atom. The zero-order valence-corrected chi connectivity index (χ0v) is 16.7. The molecule has 1 aromatic carbocycles. The van der Waals surface area contributed by atoms with Crippen LogP contribution in [-0.2, 0) is 16.0 Å². The van der Waals surface area contributed by atoms with Gasteiger partial charge in [0.15, 0.2) is 0 Å². The minimum atomic E-state index is -0.385. The van der Waals surface area contributed by atoms with Crippen LogP contribution in [-0.4, -0.2) is 24.4 Å². The summed E-state index contributed by atoms with van der Waals surface area (Å²) in [5.41, 5.74) is 0.883. The van der Waals surface area contributed by atoms with Crippen LogP contribution in [0.1, 0.15) is 52.5 Å². The van der Waals surface area contributed by atoms with Crippen molar-refractivity contribution >= 4 is 27.7 Å². The molecular formula is C19H29BrN2O2. The van der Waals surface area contributed by atoms with E-state index in [0.717, 1.165) is 17.3 Å². The second-order valence-corrected chi connectivity index (χ2v) is 8.16. The van der Waals surface area contributed by atoms with Crippen LogP contribution in [0.4, 0.5) is 0 Å². The first kappa shape index (κ1) is 20.7. The van der Waals surface area contributed by atoms with Crippen LogP contribution in [0.2, 0.25) is 0 Å². The predicted molar refractivity (Wildman–Crippen MR) is 102 cm³/mol. The first-order valence-electron chi connectivity index (χ1n) is 8.50. The second-order valence-electron chi connectivity index (χ2n) is 7.24. The van der Waals surface area contributed by atoms with Gasteiger partial charge in [-0.15, -0.1) is 0 Å². The number of carbonyl (C=O) groups excluding carboxylic acids is 2. The molecule has 0 aliphatic rings. The highest BCUT2D eigenvalue weighted by Gasteiger charge is 2.20. The van der Waals surface area contributed by atoms with Gasteiger partial charge in [0.2, 0.25) is 11.8 Å². The maximum absolute atomic E-state index is 11.9. The highest BCUT2D eigenvalue weighted by Crippen LogP contribution is 2.13. The largest absolute Gasteiger partial charge is 0.356 e. The van der Waals surface area contributed by atoms with Crippen molar-refractivity contribution in [2.75, 3.05) is 6.54 Å². The van der Waals surface area contributed by atoms with Gasteiger partial charge in [0.1, 0.15) is 0 Å². The zero-order valence-electron chi connectivity index (χ0n) is 15.1. The molecule has 0 bridgehead atoms. The molecule has 24 heavy (non-hydrogen) atoms. The fourth-order valence-electron chi connectivity index (χ4n) is 2.17. The van der Waals surface area contributed by atoms with Crippen molar-refractivity contribution in [2.24, 2.45) is 5.41 Å². The minimum absolute atomic E-state index is 0.0192. The summed E-state index contributed by atoms with van der Waals surface area (Å²) >= 11 is 3.42. The molecule has 1 unspecified atom stereocenters. The van der Waals surface area contributed by atoms with Gasteiger partial charge in [0.05, 0.1) is 0 Å². The Hall–Kier alpha value is -1.36. The van der Waals surface area contributed by atoms with Gasteiger partial charge in [-0.25, -0.2) is 0 Å². The number of carbonyl (C=O) groups is 2. The van der Waals surface area contributed by atoms with E-state index < -0.39 is 0 Å². The molecule has 0 radical (unpaired) electrons. The molecule has 0 spiro atoms. The van der Waals surface area contributed by atoms with Crippen LogP contribution in [0.5, 0.6) is 0 Å². The molecule has 2 N–H and O–H groups in total. The molecule has 5 heteroatoms. The summed E-state index contributed by atoms with van der Waals surface area (Å²) < 4.78 is 1.08. The van der Waals surface area contributed by atoms with Crippen LogP contribution in [0.15, 0.2) is 28.7 Å². The summed E-state index contributed by atoms with van der Waals surface area (Å²) in [6.45, 7) is 8.20. The normalized spacial score (nSPS) is 12.5. The maximum Gasteiger partial charge on any atom is 0.225 e. The van der Waals surface area contributed by atoms with Crippen molar-refractivity contribution in [2.45, 2.75) is 59.4 Å². The maximum atomic E-state index is 11.9. The molecular weight excluding hydrogens is 368 g/mol. The van der Waals surface area contributed by atoms with Crippen molar-refractivity contribution in [3.8, 4) is 0 Å². The molecule has 1 atom stereocenters. The molecule has 0 aliphatic carbocycles. The first-order chi connectivity index (χ1) is 11.2. The van der Waals surface area contributed by atoms with E-state index in [2.05, 4.69) is 38.7 Å². The Bertz CT molecular complexity index is 535. The van der Waals surface area contributed by atoms with Gasteiger partial charge in [0.25, 0.3) is 0 Å². The minimum Gasteiger partial charge on any atom is -0.356 e. The molecule has 0 fully saturated rings. The number of aryl methyl sites for hydroxylation is 1. The van der Waals surface area contributed by atoms with E-state index in [1.165, 1.54) is 5.56 Å². The summed E-state index contributed by atoms with van der Waals surface area (Å²) in [5, 5.41) is 5.88. The topological polar surface area (TPSA) is 58.2 Å². The molecule has 0 heterocycles. The standard InChI is InChI=1S/C19H29BrN2O2/c1-14(7-8-15-9-11-16(20)12-10-15)22-17(23)6-5-13-21-18(24)19(2,3)4/h9-12,14H,5-8,13H2,1-4H3,(H,21,24)(H,22,23). The number of halogens is 1. The zero-order chi connectivity index (χ0) is 18.2. The van der Waals surface area contributed by atoms with Crippen molar-refractivity contribution in [3.63, 3.8) is 0 Å². The third-order valence-electron chi connectivity index (χ3n) is 3.73. The third kappa shape index (κ3) is 8.48. The lowest BCUT2D eigenvalue weighted by Crippen LogP contribution is -2.36. The number of rotatable bonds is 8. The van der Waals surface area contributed by atoms with E-state index in [-0.39, 0.29) is 23.3 Å².